The molecule has 0 aliphatic rings. The summed E-state index contributed by atoms with van der Waals surface area (Å²) in [4.78, 5) is 43.7. The lowest BCUT2D eigenvalue weighted by molar-refractivity contribution is -0.148. The van der Waals surface area contributed by atoms with Gasteiger partial charge in [0.1, 0.15) is 31.5 Å². The summed E-state index contributed by atoms with van der Waals surface area (Å²) >= 11 is 0. The lowest BCUT2D eigenvalue weighted by Gasteiger charge is -2.19. The number of unbranched alkanes of at least 4 members (excludes halogenated alkanes) is 11. The molecule has 17 heteroatoms. The van der Waals surface area contributed by atoms with E-state index in [9.17, 15) is 43.8 Å². The molecule has 0 aliphatic heterocycles. The summed E-state index contributed by atoms with van der Waals surface area (Å²) < 4.78 is 52.9. The molecule has 0 aromatic carbocycles. The molecule has 380 valence electrons. The zero-order valence-electron chi connectivity index (χ0n) is 39.8. The van der Waals surface area contributed by atoms with Crippen molar-refractivity contribution in [1.29, 1.82) is 0 Å². The van der Waals surface area contributed by atoms with Crippen LogP contribution in [-0.2, 0) is 46.3 Å². The number of phosphoric ester groups is 2. The third-order valence-electron chi connectivity index (χ3n) is 9.35. The van der Waals surface area contributed by atoms with Gasteiger partial charge in [0.15, 0.2) is 0 Å². The second kappa shape index (κ2) is 44.7. The van der Waals surface area contributed by atoms with Gasteiger partial charge >= 0.3 is 27.6 Å². The predicted molar refractivity (Wildman–Crippen MR) is 260 cm³/mol. The molecule has 0 heterocycles. The van der Waals surface area contributed by atoms with Crippen LogP contribution in [0.25, 0.3) is 0 Å². The monoisotopic (exact) mass is 975 g/mol. The number of allylic oxidation sites excluding steroid dienone is 14. The van der Waals surface area contributed by atoms with Crippen molar-refractivity contribution in [2.24, 2.45) is 0 Å². The standard InChI is InChI=1S/C49H84O15P2/c1-3-5-7-9-11-13-15-17-19-20-21-22-24-26-28-30-32-34-36-38-49(54)60-40-46(51)42-62-66(57,58)64-44-47(52)43-63-65(55,56)61-41-45(50)39-59-48(53)37-35-33-31-29-27-25-23-18-16-14-12-10-8-6-4-2/h5,7,11,13-14,16-17,19,21-22,26,28,32,34,45-47,50-52H,3-4,6,8-10,12,15,18,20,23-25,27,29-31,33,35-44H2,1-2H3,(H,55,56)(H,57,58)/b7-5-,13-11-,16-14-,19-17-,22-21-,28-26-,34-32-. The summed E-state index contributed by atoms with van der Waals surface area (Å²) in [7, 11) is -9.60. The molecule has 0 aliphatic carbocycles. The minimum absolute atomic E-state index is 0.0671. The van der Waals surface area contributed by atoms with E-state index in [1.165, 1.54) is 44.9 Å². The smallest absolute Gasteiger partial charge is 0.463 e. The van der Waals surface area contributed by atoms with Gasteiger partial charge in [-0.3, -0.25) is 27.7 Å². The van der Waals surface area contributed by atoms with E-state index in [-0.39, 0.29) is 12.8 Å². The number of hydrogen-bond donors (Lipinski definition) is 5. The van der Waals surface area contributed by atoms with Crippen molar-refractivity contribution in [3.8, 4) is 0 Å². The Kier molecular flexibility index (Phi) is 42.8. The molecule has 5 unspecified atom stereocenters. The second-order valence-corrected chi connectivity index (χ2v) is 18.6. The van der Waals surface area contributed by atoms with E-state index in [4.69, 9.17) is 9.47 Å². The first-order valence-electron chi connectivity index (χ1n) is 23.9. The molecule has 0 saturated carbocycles. The highest BCUT2D eigenvalue weighted by Gasteiger charge is 2.28. The highest BCUT2D eigenvalue weighted by Crippen LogP contribution is 2.45. The van der Waals surface area contributed by atoms with Gasteiger partial charge < -0.3 is 34.6 Å². The summed E-state index contributed by atoms with van der Waals surface area (Å²) in [6.07, 6.45) is 45.8. The Labute approximate surface area is 396 Å². The molecule has 66 heavy (non-hydrogen) atoms. The molecular weight excluding hydrogens is 890 g/mol. The number of esters is 2. The van der Waals surface area contributed by atoms with Crippen molar-refractivity contribution < 1.29 is 71.4 Å². The lowest BCUT2D eigenvalue weighted by atomic mass is 10.1. The topological polar surface area (TPSA) is 225 Å². The van der Waals surface area contributed by atoms with Crippen molar-refractivity contribution in [1.82, 2.24) is 0 Å². The highest BCUT2D eigenvalue weighted by atomic mass is 31.2. The number of aliphatic hydroxyl groups excluding tert-OH is 3. The largest absolute Gasteiger partial charge is 0.472 e. The number of phosphoric acid groups is 2. The van der Waals surface area contributed by atoms with Crippen molar-refractivity contribution in [2.75, 3.05) is 39.6 Å². The van der Waals surface area contributed by atoms with Crippen molar-refractivity contribution in [2.45, 2.75) is 173 Å². The fraction of sp³-hybridized carbons (Fsp3) is 0.673. The Balaban J connectivity index is 3.98. The van der Waals surface area contributed by atoms with Gasteiger partial charge in [-0.2, -0.15) is 0 Å². The van der Waals surface area contributed by atoms with Gasteiger partial charge in [0.05, 0.1) is 26.4 Å². The minimum Gasteiger partial charge on any atom is -0.463 e. The molecular formula is C49H84O15P2. The molecule has 0 radical (unpaired) electrons. The number of carbonyl (C=O) groups is 2. The number of rotatable bonds is 45. The number of aliphatic hydroxyl groups is 3. The minimum atomic E-state index is -4.81. The van der Waals surface area contributed by atoms with Gasteiger partial charge in [-0.25, -0.2) is 9.13 Å². The molecule has 0 rings (SSSR count). The first kappa shape index (κ1) is 63.2. The van der Waals surface area contributed by atoms with E-state index in [0.29, 0.717) is 19.3 Å². The first-order valence-corrected chi connectivity index (χ1v) is 26.9. The Morgan fingerprint density at radius 2 is 0.727 bits per heavy atom. The summed E-state index contributed by atoms with van der Waals surface area (Å²) in [6.45, 7) is 0.180. The van der Waals surface area contributed by atoms with Crippen molar-refractivity contribution >= 4 is 27.6 Å². The van der Waals surface area contributed by atoms with Crippen LogP contribution in [0.4, 0.5) is 0 Å². The molecule has 0 aromatic rings. The van der Waals surface area contributed by atoms with Gasteiger partial charge in [0.2, 0.25) is 0 Å². The van der Waals surface area contributed by atoms with Crippen LogP contribution in [0.1, 0.15) is 155 Å². The van der Waals surface area contributed by atoms with Crippen molar-refractivity contribution in [3.05, 3.63) is 85.1 Å². The fourth-order valence-electron chi connectivity index (χ4n) is 5.64. The average Bonchev–Trinajstić information content (AvgIpc) is 3.29. The van der Waals surface area contributed by atoms with Gasteiger partial charge in [-0.05, 0) is 77.0 Å². The normalized spacial score (nSPS) is 15.8. The zero-order chi connectivity index (χ0) is 48.8. The van der Waals surface area contributed by atoms with E-state index < -0.39 is 85.5 Å². The Morgan fingerprint density at radius 3 is 1.14 bits per heavy atom. The number of hydrogen-bond acceptors (Lipinski definition) is 13. The molecule has 0 bridgehead atoms. The Bertz CT molecular complexity index is 1510. The second-order valence-electron chi connectivity index (χ2n) is 15.7. The SMILES string of the molecule is CC/C=C\C/C=C\C/C=C\C/C=C\C/C=C\C/C=C\CCC(=O)OCC(O)COP(=O)(O)OCC(O)COP(=O)(O)OCC(O)COC(=O)CCCCCCCCC/C=C\CCCCCC. The number of ether oxygens (including phenoxy) is 2. The van der Waals surface area contributed by atoms with Crippen LogP contribution in [0.15, 0.2) is 85.1 Å². The first-order chi connectivity index (χ1) is 31.8. The molecule has 0 saturated heterocycles. The van der Waals surface area contributed by atoms with Crippen LogP contribution in [0.2, 0.25) is 0 Å². The fourth-order valence-corrected chi connectivity index (χ4v) is 7.23. The Morgan fingerprint density at radius 1 is 0.409 bits per heavy atom. The molecule has 0 aromatic heterocycles. The van der Waals surface area contributed by atoms with Gasteiger partial charge in [0.25, 0.3) is 0 Å². The third-order valence-corrected chi connectivity index (χ3v) is 11.2. The van der Waals surface area contributed by atoms with Crippen LogP contribution < -0.4 is 0 Å². The summed E-state index contributed by atoms with van der Waals surface area (Å²) in [6, 6.07) is 0. The summed E-state index contributed by atoms with van der Waals surface area (Å²) in [5, 5.41) is 30.0. The molecule has 5 atom stereocenters. The zero-order valence-corrected chi connectivity index (χ0v) is 41.6. The Hall–Kier alpha value is -2.78. The van der Waals surface area contributed by atoms with Crippen LogP contribution >= 0.6 is 15.6 Å². The molecule has 0 fully saturated rings. The van der Waals surface area contributed by atoms with Crippen LogP contribution in [0.5, 0.6) is 0 Å². The van der Waals surface area contributed by atoms with Crippen LogP contribution in [0.3, 0.4) is 0 Å². The van der Waals surface area contributed by atoms with Crippen LogP contribution in [-0.4, -0.2) is 95.0 Å². The maximum atomic E-state index is 12.2. The van der Waals surface area contributed by atoms with Gasteiger partial charge in [-0.15, -0.1) is 0 Å². The average molecular weight is 975 g/mol. The maximum Gasteiger partial charge on any atom is 0.472 e. The van der Waals surface area contributed by atoms with E-state index >= 15 is 0 Å². The summed E-state index contributed by atoms with van der Waals surface area (Å²) in [5.41, 5.74) is 0. The van der Waals surface area contributed by atoms with Crippen LogP contribution in [0, 0.1) is 0 Å². The van der Waals surface area contributed by atoms with Gasteiger partial charge in [0, 0.05) is 12.8 Å². The molecule has 0 spiro atoms. The molecule has 0 amide bonds. The lowest BCUT2D eigenvalue weighted by Crippen LogP contribution is -2.25. The third kappa shape index (κ3) is 46.3. The summed E-state index contributed by atoms with van der Waals surface area (Å²) in [5.74, 6) is -1.09. The van der Waals surface area contributed by atoms with Gasteiger partial charge in [-0.1, -0.05) is 150 Å². The maximum absolute atomic E-state index is 12.2. The van der Waals surface area contributed by atoms with Crippen molar-refractivity contribution in [3.63, 3.8) is 0 Å². The molecule has 5 N–H and O–H groups in total. The van der Waals surface area contributed by atoms with E-state index in [0.717, 1.165) is 64.2 Å². The molecule has 15 nitrogen and oxygen atoms in total. The predicted octanol–water partition coefficient (Wildman–Crippen LogP) is 10.9. The quantitative estimate of drug-likeness (QED) is 0.0166. The number of carbonyl (C=O) groups excluding carboxylic acids is 2. The van der Waals surface area contributed by atoms with E-state index in [1.54, 1.807) is 0 Å². The highest BCUT2D eigenvalue weighted by molar-refractivity contribution is 7.47. The van der Waals surface area contributed by atoms with E-state index in [1.807, 2.05) is 18.2 Å². The van der Waals surface area contributed by atoms with E-state index in [2.05, 4.69) is 98.8 Å².